The van der Waals surface area contributed by atoms with E-state index >= 15 is 0 Å². The minimum atomic E-state index is -0.762. The van der Waals surface area contributed by atoms with Gasteiger partial charge >= 0.3 is 5.97 Å². The van der Waals surface area contributed by atoms with Crippen molar-refractivity contribution in [3.05, 3.63) is 35.6 Å². The van der Waals surface area contributed by atoms with Gasteiger partial charge in [0.05, 0.1) is 5.92 Å². The van der Waals surface area contributed by atoms with Gasteiger partial charge in [-0.15, -0.1) is 0 Å². The summed E-state index contributed by atoms with van der Waals surface area (Å²) in [6, 6.07) is 7.96. The Morgan fingerprint density at radius 3 is 3.00 bits per heavy atom. The van der Waals surface area contributed by atoms with Crippen molar-refractivity contribution in [2.45, 2.75) is 12.8 Å². The molecule has 4 heteroatoms. The van der Waals surface area contributed by atoms with Gasteiger partial charge in [0.25, 0.3) is 0 Å². The average Bonchev–Trinajstić information content (AvgIpc) is 2.93. The number of carbonyl (C=O) groups is 1. The fourth-order valence-corrected chi connectivity index (χ4v) is 2.60. The Balaban J connectivity index is 2.01. The molecule has 0 bridgehead atoms. The van der Waals surface area contributed by atoms with Gasteiger partial charge in [-0.3, -0.25) is 4.79 Å². The van der Waals surface area contributed by atoms with E-state index in [0.717, 1.165) is 16.7 Å². The van der Waals surface area contributed by atoms with Gasteiger partial charge in [0.1, 0.15) is 11.3 Å². The highest BCUT2D eigenvalue weighted by Crippen LogP contribution is 2.32. The molecule has 1 aromatic carbocycles. The van der Waals surface area contributed by atoms with E-state index in [2.05, 4.69) is 11.4 Å². The SMILES string of the molecule is Cc1ccc2oc(C3CNCC3C(=O)O)cc2c1. The number of furan rings is 1. The van der Waals surface area contributed by atoms with Crippen LogP contribution >= 0.6 is 0 Å². The number of rotatable bonds is 2. The molecular formula is C14H15NO3. The molecule has 18 heavy (non-hydrogen) atoms. The van der Waals surface area contributed by atoms with Gasteiger partial charge in [-0.2, -0.15) is 0 Å². The molecule has 0 spiro atoms. The number of hydrogen-bond acceptors (Lipinski definition) is 3. The molecule has 3 rings (SSSR count). The van der Waals surface area contributed by atoms with Crippen LogP contribution in [0, 0.1) is 12.8 Å². The number of hydrogen-bond donors (Lipinski definition) is 2. The van der Waals surface area contributed by atoms with Crippen molar-refractivity contribution in [1.29, 1.82) is 0 Å². The average molecular weight is 245 g/mol. The first kappa shape index (κ1) is 11.3. The van der Waals surface area contributed by atoms with Crippen molar-refractivity contribution < 1.29 is 14.3 Å². The maximum Gasteiger partial charge on any atom is 0.308 e. The van der Waals surface area contributed by atoms with Crippen LogP contribution in [0.3, 0.4) is 0 Å². The monoisotopic (exact) mass is 245 g/mol. The number of carboxylic acid groups (broad SMARTS) is 1. The van der Waals surface area contributed by atoms with Crippen molar-refractivity contribution >= 4 is 16.9 Å². The molecule has 1 aliphatic heterocycles. The van der Waals surface area contributed by atoms with E-state index < -0.39 is 11.9 Å². The molecule has 1 aromatic heterocycles. The standard InChI is InChI=1S/C14H15NO3/c1-8-2-3-12-9(4-8)5-13(18-12)10-6-15-7-11(10)14(16)17/h2-5,10-11,15H,6-7H2,1H3,(H,16,17). The summed E-state index contributed by atoms with van der Waals surface area (Å²) in [7, 11) is 0. The van der Waals surface area contributed by atoms with Crippen LogP contribution < -0.4 is 5.32 Å². The lowest BCUT2D eigenvalue weighted by Crippen LogP contribution is -2.20. The van der Waals surface area contributed by atoms with E-state index in [1.54, 1.807) is 0 Å². The van der Waals surface area contributed by atoms with Gasteiger partial charge in [0, 0.05) is 24.4 Å². The van der Waals surface area contributed by atoms with Crippen LogP contribution in [0.15, 0.2) is 28.7 Å². The van der Waals surface area contributed by atoms with E-state index in [4.69, 9.17) is 4.42 Å². The normalized spacial score (nSPS) is 23.6. The van der Waals surface area contributed by atoms with Crippen molar-refractivity contribution in [2.75, 3.05) is 13.1 Å². The van der Waals surface area contributed by atoms with Gasteiger partial charge in [-0.1, -0.05) is 11.6 Å². The third kappa shape index (κ3) is 1.78. The summed E-state index contributed by atoms with van der Waals surface area (Å²) in [5.41, 5.74) is 2.00. The Kier molecular flexibility index (Phi) is 2.59. The van der Waals surface area contributed by atoms with Gasteiger partial charge < -0.3 is 14.8 Å². The summed E-state index contributed by atoms with van der Waals surface area (Å²) in [6.07, 6.45) is 0. The molecule has 0 amide bonds. The first-order valence-corrected chi connectivity index (χ1v) is 6.09. The van der Waals surface area contributed by atoms with E-state index in [0.29, 0.717) is 13.1 Å². The summed E-state index contributed by atoms with van der Waals surface area (Å²) in [4.78, 5) is 11.2. The number of fused-ring (bicyclic) bond motifs is 1. The highest BCUT2D eigenvalue weighted by Gasteiger charge is 2.36. The Morgan fingerprint density at radius 2 is 2.22 bits per heavy atom. The molecule has 2 atom stereocenters. The molecule has 1 fully saturated rings. The summed E-state index contributed by atoms with van der Waals surface area (Å²) in [5.74, 6) is -0.462. The Bertz CT molecular complexity index is 602. The van der Waals surface area contributed by atoms with E-state index in [-0.39, 0.29) is 5.92 Å². The predicted octanol–water partition coefficient (Wildman–Crippen LogP) is 2.13. The number of aryl methyl sites for hydroxylation is 1. The number of carboxylic acids is 1. The number of benzene rings is 1. The molecule has 0 saturated carbocycles. The van der Waals surface area contributed by atoms with Crippen LogP contribution in [0.5, 0.6) is 0 Å². The zero-order valence-corrected chi connectivity index (χ0v) is 10.1. The Morgan fingerprint density at radius 1 is 1.39 bits per heavy atom. The zero-order valence-electron chi connectivity index (χ0n) is 10.1. The summed E-state index contributed by atoms with van der Waals surface area (Å²) < 4.78 is 5.78. The molecule has 4 nitrogen and oxygen atoms in total. The highest BCUT2D eigenvalue weighted by molar-refractivity contribution is 5.79. The summed E-state index contributed by atoms with van der Waals surface area (Å²) >= 11 is 0. The second-order valence-corrected chi connectivity index (χ2v) is 4.90. The van der Waals surface area contributed by atoms with Crippen molar-refractivity contribution in [1.82, 2.24) is 5.32 Å². The summed E-state index contributed by atoms with van der Waals surface area (Å²) in [5, 5.41) is 13.3. The quantitative estimate of drug-likeness (QED) is 0.850. The minimum Gasteiger partial charge on any atom is -0.481 e. The third-order valence-electron chi connectivity index (χ3n) is 3.59. The molecule has 1 aliphatic rings. The molecule has 0 aliphatic carbocycles. The smallest absolute Gasteiger partial charge is 0.308 e. The predicted molar refractivity (Wildman–Crippen MR) is 67.7 cm³/mol. The Labute approximate surface area is 105 Å². The largest absolute Gasteiger partial charge is 0.481 e. The maximum atomic E-state index is 11.2. The van der Waals surface area contributed by atoms with Gasteiger partial charge in [0.2, 0.25) is 0 Å². The van der Waals surface area contributed by atoms with Crippen LogP contribution in [0.4, 0.5) is 0 Å². The van der Waals surface area contributed by atoms with E-state index in [1.807, 2.05) is 25.1 Å². The van der Waals surface area contributed by atoms with Crippen LogP contribution in [0.2, 0.25) is 0 Å². The van der Waals surface area contributed by atoms with Crippen molar-refractivity contribution in [3.63, 3.8) is 0 Å². The highest BCUT2D eigenvalue weighted by atomic mass is 16.4. The topological polar surface area (TPSA) is 62.5 Å². The third-order valence-corrected chi connectivity index (χ3v) is 3.59. The van der Waals surface area contributed by atoms with Gasteiger partial charge in [-0.25, -0.2) is 0 Å². The first-order valence-electron chi connectivity index (χ1n) is 6.09. The van der Waals surface area contributed by atoms with Crippen LogP contribution in [-0.4, -0.2) is 24.2 Å². The van der Waals surface area contributed by atoms with Gasteiger partial charge in [-0.05, 0) is 25.1 Å². The second-order valence-electron chi connectivity index (χ2n) is 4.90. The van der Waals surface area contributed by atoms with Crippen LogP contribution in [-0.2, 0) is 4.79 Å². The zero-order chi connectivity index (χ0) is 12.7. The number of aliphatic carboxylic acids is 1. The summed E-state index contributed by atoms with van der Waals surface area (Å²) in [6.45, 7) is 3.20. The lowest BCUT2D eigenvalue weighted by atomic mass is 9.94. The minimum absolute atomic E-state index is 0.0739. The maximum absolute atomic E-state index is 11.2. The first-order chi connectivity index (χ1) is 8.65. The molecule has 2 N–H and O–H groups in total. The second kappa shape index (κ2) is 4.14. The lowest BCUT2D eigenvalue weighted by Gasteiger charge is -2.10. The van der Waals surface area contributed by atoms with Crippen LogP contribution in [0.25, 0.3) is 11.0 Å². The van der Waals surface area contributed by atoms with Gasteiger partial charge in [0.15, 0.2) is 0 Å². The van der Waals surface area contributed by atoms with Crippen molar-refractivity contribution in [2.24, 2.45) is 5.92 Å². The van der Waals surface area contributed by atoms with Crippen LogP contribution in [0.1, 0.15) is 17.2 Å². The molecule has 1 saturated heterocycles. The lowest BCUT2D eigenvalue weighted by molar-refractivity contribution is -0.141. The molecule has 2 aromatic rings. The van der Waals surface area contributed by atoms with Crippen molar-refractivity contribution in [3.8, 4) is 0 Å². The molecular weight excluding hydrogens is 230 g/mol. The fourth-order valence-electron chi connectivity index (χ4n) is 2.60. The molecule has 2 unspecified atom stereocenters. The molecule has 94 valence electrons. The molecule has 2 heterocycles. The van der Waals surface area contributed by atoms with E-state index in [9.17, 15) is 9.90 Å². The fraction of sp³-hybridized carbons (Fsp3) is 0.357. The Hall–Kier alpha value is -1.81. The molecule has 0 radical (unpaired) electrons. The van der Waals surface area contributed by atoms with E-state index in [1.165, 1.54) is 5.56 Å². The number of nitrogens with one attached hydrogen (secondary N) is 1.